The zero-order valence-electron chi connectivity index (χ0n) is 9.87. The number of nitrogens with one attached hydrogen (secondary N) is 1. The molecule has 0 saturated carbocycles. The summed E-state index contributed by atoms with van der Waals surface area (Å²) in [5.41, 5.74) is 0. The Labute approximate surface area is 95.8 Å². The van der Waals surface area contributed by atoms with Crippen LogP contribution in [0, 0.1) is 6.92 Å². The van der Waals surface area contributed by atoms with Crippen LogP contribution in [0.5, 0.6) is 0 Å². The highest BCUT2D eigenvalue weighted by Gasteiger charge is 2.00. The lowest BCUT2D eigenvalue weighted by atomic mass is 10.4. The zero-order chi connectivity index (χ0) is 11.3. The molecule has 1 aromatic heterocycles. The van der Waals surface area contributed by atoms with E-state index in [0.717, 1.165) is 19.0 Å². The maximum absolute atomic E-state index is 4.54. The average molecular weight is 225 g/mol. The Balaban J connectivity index is 2.60. The van der Waals surface area contributed by atoms with E-state index in [1.165, 1.54) is 9.75 Å². The summed E-state index contributed by atoms with van der Waals surface area (Å²) in [6, 6.07) is 4.28. The van der Waals surface area contributed by atoms with E-state index in [9.17, 15) is 0 Å². The van der Waals surface area contributed by atoms with E-state index in [1.54, 1.807) is 11.3 Å². The summed E-state index contributed by atoms with van der Waals surface area (Å²) in [5.74, 6) is 0.948. The van der Waals surface area contributed by atoms with Crippen molar-refractivity contribution in [1.29, 1.82) is 0 Å². The van der Waals surface area contributed by atoms with Crippen molar-refractivity contribution in [2.24, 2.45) is 4.99 Å². The van der Waals surface area contributed by atoms with Gasteiger partial charge in [0.1, 0.15) is 0 Å². The quantitative estimate of drug-likeness (QED) is 0.630. The maximum atomic E-state index is 4.54. The van der Waals surface area contributed by atoms with Crippen molar-refractivity contribution < 1.29 is 0 Å². The molecule has 1 rings (SSSR count). The number of nitrogens with zero attached hydrogens (tertiary/aromatic N) is 2. The third kappa shape index (κ3) is 3.91. The van der Waals surface area contributed by atoms with Crippen molar-refractivity contribution in [3.05, 3.63) is 21.9 Å². The smallest absolute Gasteiger partial charge is 0.193 e. The number of rotatable bonds is 3. The highest BCUT2D eigenvalue weighted by molar-refractivity contribution is 7.11. The number of hydrogen-bond acceptors (Lipinski definition) is 2. The van der Waals surface area contributed by atoms with Crippen LogP contribution in [-0.4, -0.2) is 31.5 Å². The first-order valence-electron chi connectivity index (χ1n) is 5.14. The van der Waals surface area contributed by atoms with E-state index in [2.05, 4.69) is 36.3 Å². The normalized spacial score (nSPS) is 11.6. The molecule has 0 aliphatic rings. The van der Waals surface area contributed by atoms with E-state index in [4.69, 9.17) is 0 Å². The van der Waals surface area contributed by atoms with Gasteiger partial charge in [0.25, 0.3) is 0 Å². The minimum absolute atomic E-state index is 0.763. The summed E-state index contributed by atoms with van der Waals surface area (Å²) in [6.07, 6.45) is 0. The molecule has 0 saturated heterocycles. The van der Waals surface area contributed by atoms with Crippen LogP contribution in [-0.2, 0) is 6.54 Å². The standard InChI is InChI=1S/C11H19N3S/c1-5-12-11(14(3)4)13-8-10-7-6-9(2)15-10/h6-7H,5,8H2,1-4H3,(H,12,13). The second-order valence-electron chi connectivity index (χ2n) is 3.58. The van der Waals surface area contributed by atoms with E-state index in [-0.39, 0.29) is 0 Å². The van der Waals surface area contributed by atoms with E-state index >= 15 is 0 Å². The van der Waals surface area contributed by atoms with Gasteiger partial charge >= 0.3 is 0 Å². The third-order valence-corrected chi connectivity index (χ3v) is 2.92. The second kappa shape index (κ2) is 5.75. The first kappa shape index (κ1) is 12.0. The predicted octanol–water partition coefficient (Wildman–Crippen LogP) is 2.08. The molecule has 0 bridgehead atoms. The summed E-state index contributed by atoms with van der Waals surface area (Å²) < 4.78 is 0. The van der Waals surface area contributed by atoms with Crippen LogP contribution in [0.25, 0.3) is 0 Å². The van der Waals surface area contributed by atoms with E-state index < -0.39 is 0 Å². The van der Waals surface area contributed by atoms with Crippen molar-refractivity contribution in [1.82, 2.24) is 10.2 Å². The van der Waals surface area contributed by atoms with Gasteiger partial charge in [0.15, 0.2) is 5.96 Å². The molecule has 0 unspecified atom stereocenters. The summed E-state index contributed by atoms with van der Waals surface area (Å²) in [7, 11) is 4.00. The highest BCUT2D eigenvalue weighted by Crippen LogP contribution is 2.15. The number of aryl methyl sites for hydroxylation is 1. The van der Waals surface area contributed by atoms with Crippen molar-refractivity contribution in [3.8, 4) is 0 Å². The van der Waals surface area contributed by atoms with Crippen LogP contribution >= 0.6 is 11.3 Å². The zero-order valence-corrected chi connectivity index (χ0v) is 10.7. The van der Waals surface area contributed by atoms with Crippen molar-refractivity contribution in [2.75, 3.05) is 20.6 Å². The number of thiophene rings is 1. The van der Waals surface area contributed by atoms with Crippen LogP contribution in [0.4, 0.5) is 0 Å². The molecule has 0 fully saturated rings. The molecule has 84 valence electrons. The Hall–Kier alpha value is -1.03. The van der Waals surface area contributed by atoms with Crippen LogP contribution in [0.15, 0.2) is 17.1 Å². The Morgan fingerprint density at radius 3 is 2.67 bits per heavy atom. The molecule has 0 aromatic carbocycles. The van der Waals surface area contributed by atoms with Gasteiger partial charge < -0.3 is 10.2 Å². The van der Waals surface area contributed by atoms with E-state index in [1.807, 2.05) is 19.0 Å². The first-order chi connectivity index (χ1) is 7.13. The molecule has 4 heteroatoms. The monoisotopic (exact) mass is 225 g/mol. The van der Waals surface area contributed by atoms with Gasteiger partial charge in [0.2, 0.25) is 0 Å². The fourth-order valence-electron chi connectivity index (χ4n) is 1.24. The molecule has 0 amide bonds. The SMILES string of the molecule is CCNC(=NCc1ccc(C)s1)N(C)C. The van der Waals surface area contributed by atoms with E-state index in [0.29, 0.717) is 0 Å². The summed E-state index contributed by atoms with van der Waals surface area (Å²) in [4.78, 5) is 9.19. The summed E-state index contributed by atoms with van der Waals surface area (Å²) in [6.45, 7) is 5.86. The topological polar surface area (TPSA) is 27.6 Å². The molecular formula is C11H19N3S. The molecule has 0 aliphatic carbocycles. The first-order valence-corrected chi connectivity index (χ1v) is 5.96. The van der Waals surface area contributed by atoms with Crippen LogP contribution in [0.3, 0.4) is 0 Å². The number of hydrogen-bond donors (Lipinski definition) is 1. The summed E-state index contributed by atoms with van der Waals surface area (Å²) in [5, 5.41) is 3.24. The van der Waals surface area contributed by atoms with Gasteiger partial charge in [-0.05, 0) is 26.0 Å². The lowest BCUT2D eigenvalue weighted by Crippen LogP contribution is -2.36. The third-order valence-electron chi connectivity index (χ3n) is 1.94. The van der Waals surface area contributed by atoms with Crippen molar-refractivity contribution in [2.45, 2.75) is 20.4 Å². The van der Waals surface area contributed by atoms with Gasteiger partial charge in [-0.25, -0.2) is 4.99 Å². The molecule has 0 atom stereocenters. The minimum Gasteiger partial charge on any atom is -0.357 e. The van der Waals surface area contributed by atoms with Crippen molar-refractivity contribution >= 4 is 17.3 Å². The molecule has 3 nitrogen and oxygen atoms in total. The molecule has 15 heavy (non-hydrogen) atoms. The van der Waals surface area contributed by atoms with Gasteiger partial charge in [0.05, 0.1) is 6.54 Å². The van der Waals surface area contributed by atoms with Crippen LogP contribution < -0.4 is 5.32 Å². The largest absolute Gasteiger partial charge is 0.357 e. The number of aliphatic imine (C=N–C) groups is 1. The van der Waals surface area contributed by atoms with Crippen LogP contribution in [0.2, 0.25) is 0 Å². The van der Waals surface area contributed by atoms with Gasteiger partial charge in [-0.3, -0.25) is 0 Å². The maximum Gasteiger partial charge on any atom is 0.193 e. The Kier molecular flexibility index (Phi) is 4.62. The molecule has 1 N–H and O–H groups in total. The molecule has 1 heterocycles. The molecule has 0 radical (unpaired) electrons. The van der Waals surface area contributed by atoms with Crippen molar-refractivity contribution in [3.63, 3.8) is 0 Å². The Morgan fingerprint density at radius 1 is 1.47 bits per heavy atom. The van der Waals surface area contributed by atoms with Gasteiger partial charge in [-0.15, -0.1) is 11.3 Å². The van der Waals surface area contributed by atoms with Gasteiger partial charge in [0, 0.05) is 30.4 Å². The molecule has 0 spiro atoms. The Morgan fingerprint density at radius 2 is 2.20 bits per heavy atom. The molecule has 1 aromatic rings. The predicted molar refractivity (Wildman–Crippen MR) is 67.6 cm³/mol. The minimum atomic E-state index is 0.763. The second-order valence-corrected chi connectivity index (χ2v) is 4.95. The van der Waals surface area contributed by atoms with Crippen LogP contribution in [0.1, 0.15) is 16.7 Å². The fourth-order valence-corrected chi connectivity index (χ4v) is 2.05. The molecule has 0 aliphatic heterocycles. The van der Waals surface area contributed by atoms with Gasteiger partial charge in [-0.2, -0.15) is 0 Å². The summed E-state index contributed by atoms with van der Waals surface area (Å²) >= 11 is 1.81. The fraction of sp³-hybridized carbons (Fsp3) is 0.545. The number of guanidine groups is 1. The lowest BCUT2D eigenvalue weighted by Gasteiger charge is -2.16. The average Bonchev–Trinajstić information content (AvgIpc) is 2.58. The molecular weight excluding hydrogens is 206 g/mol. The lowest BCUT2D eigenvalue weighted by molar-refractivity contribution is 0.583. The van der Waals surface area contributed by atoms with Gasteiger partial charge in [-0.1, -0.05) is 0 Å². The Bertz CT molecular complexity index is 328. The highest BCUT2D eigenvalue weighted by atomic mass is 32.1.